The van der Waals surface area contributed by atoms with E-state index in [4.69, 9.17) is 4.42 Å². The number of benzene rings is 2. The molecule has 7 heteroatoms. The molecule has 0 aliphatic rings. The summed E-state index contributed by atoms with van der Waals surface area (Å²) in [5.41, 5.74) is 0.528. The molecule has 0 unspecified atom stereocenters. The van der Waals surface area contributed by atoms with Crippen molar-refractivity contribution >= 4 is 0 Å². The Kier molecular flexibility index (Phi) is 3.84. The highest BCUT2D eigenvalue weighted by Crippen LogP contribution is 2.34. The van der Waals surface area contributed by atoms with Crippen LogP contribution in [0.4, 0.5) is 13.2 Å². The molecular weight excluding hydrogens is 343 g/mol. The van der Waals surface area contributed by atoms with Crippen molar-refractivity contribution in [3.05, 3.63) is 78.6 Å². The number of rotatable bonds is 3. The molecule has 4 rings (SSSR count). The van der Waals surface area contributed by atoms with Gasteiger partial charge in [-0.15, -0.1) is 0 Å². The van der Waals surface area contributed by atoms with Gasteiger partial charge in [-0.2, -0.15) is 23.3 Å². The van der Waals surface area contributed by atoms with Crippen LogP contribution in [0.1, 0.15) is 5.56 Å². The van der Waals surface area contributed by atoms with Gasteiger partial charge in [0.05, 0.1) is 5.56 Å². The number of halogens is 3. The van der Waals surface area contributed by atoms with Gasteiger partial charge in [-0.25, -0.2) is 4.68 Å². The van der Waals surface area contributed by atoms with Crippen LogP contribution in [0.15, 0.2) is 77.5 Å². The Morgan fingerprint density at radius 1 is 0.846 bits per heavy atom. The average molecular weight is 355 g/mol. The second-order valence-corrected chi connectivity index (χ2v) is 5.56. The molecule has 4 nitrogen and oxygen atoms in total. The zero-order valence-corrected chi connectivity index (χ0v) is 13.3. The van der Waals surface area contributed by atoms with Gasteiger partial charge >= 0.3 is 6.18 Å². The standard InChI is InChI=1S/C19H12F3N3O/c20-19(21,22)15-9-7-14(8-10-15)18-24-17(25-12-4-11-23-25)16(26-18)13-5-2-1-3-6-13/h1-12H. The molecule has 0 radical (unpaired) electrons. The lowest BCUT2D eigenvalue weighted by atomic mass is 10.1. The van der Waals surface area contributed by atoms with Crippen molar-refractivity contribution in [2.24, 2.45) is 0 Å². The zero-order valence-electron chi connectivity index (χ0n) is 13.3. The lowest BCUT2D eigenvalue weighted by Crippen LogP contribution is -2.04. The molecule has 2 heterocycles. The highest BCUT2D eigenvalue weighted by atomic mass is 19.4. The number of aromatic nitrogens is 3. The van der Waals surface area contributed by atoms with Gasteiger partial charge in [0.15, 0.2) is 5.76 Å². The van der Waals surface area contributed by atoms with Crippen LogP contribution in [0.5, 0.6) is 0 Å². The predicted octanol–water partition coefficient (Wildman–Crippen LogP) is 5.21. The van der Waals surface area contributed by atoms with Crippen LogP contribution in [0.3, 0.4) is 0 Å². The second-order valence-electron chi connectivity index (χ2n) is 5.56. The van der Waals surface area contributed by atoms with Crippen molar-refractivity contribution in [2.75, 3.05) is 0 Å². The van der Waals surface area contributed by atoms with E-state index >= 15 is 0 Å². The van der Waals surface area contributed by atoms with Gasteiger partial charge in [-0.05, 0) is 30.3 Å². The summed E-state index contributed by atoms with van der Waals surface area (Å²) in [5.74, 6) is 1.18. The van der Waals surface area contributed by atoms with Gasteiger partial charge in [0, 0.05) is 23.5 Å². The van der Waals surface area contributed by atoms with Gasteiger partial charge in [-0.1, -0.05) is 30.3 Å². The van der Waals surface area contributed by atoms with E-state index in [1.54, 1.807) is 23.1 Å². The van der Waals surface area contributed by atoms with Crippen LogP contribution >= 0.6 is 0 Å². The molecule has 0 amide bonds. The van der Waals surface area contributed by atoms with Gasteiger partial charge in [-0.3, -0.25) is 0 Å². The Balaban J connectivity index is 1.81. The Labute approximate surface area is 146 Å². The van der Waals surface area contributed by atoms with E-state index in [2.05, 4.69) is 10.1 Å². The third kappa shape index (κ3) is 2.99. The van der Waals surface area contributed by atoms with Crippen LogP contribution in [-0.4, -0.2) is 14.8 Å². The SMILES string of the molecule is FC(F)(F)c1ccc(-c2nc(-n3cccn3)c(-c3ccccc3)o2)cc1. The number of hydrogen-bond donors (Lipinski definition) is 0. The molecule has 0 aliphatic heterocycles. The molecule has 0 saturated heterocycles. The average Bonchev–Trinajstić information content (AvgIpc) is 3.31. The zero-order chi connectivity index (χ0) is 18.1. The fraction of sp³-hybridized carbons (Fsp3) is 0.0526. The molecule has 0 fully saturated rings. The highest BCUT2D eigenvalue weighted by Gasteiger charge is 2.30. The topological polar surface area (TPSA) is 43.9 Å². The fourth-order valence-electron chi connectivity index (χ4n) is 2.56. The number of alkyl halides is 3. The van der Waals surface area contributed by atoms with E-state index in [9.17, 15) is 13.2 Å². The maximum Gasteiger partial charge on any atom is 0.416 e. The predicted molar refractivity (Wildman–Crippen MR) is 89.5 cm³/mol. The van der Waals surface area contributed by atoms with Crippen LogP contribution < -0.4 is 0 Å². The van der Waals surface area contributed by atoms with Crippen molar-refractivity contribution in [3.8, 4) is 28.6 Å². The van der Waals surface area contributed by atoms with Crippen molar-refractivity contribution < 1.29 is 17.6 Å². The summed E-state index contributed by atoms with van der Waals surface area (Å²) in [5, 5.41) is 4.17. The Morgan fingerprint density at radius 2 is 1.58 bits per heavy atom. The van der Waals surface area contributed by atoms with Crippen LogP contribution in [0.25, 0.3) is 28.6 Å². The molecule has 0 N–H and O–H groups in total. The third-order valence-corrected chi connectivity index (χ3v) is 3.83. The van der Waals surface area contributed by atoms with Crippen molar-refractivity contribution in [2.45, 2.75) is 6.18 Å². The van der Waals surface area contributed by atoms with E-state index < -0.39 is 11.7 Å². The first kappa shape index (κ1) is 16.1. The first-order valence-electron chi connectivity index (χ1n) is 7.76. The molecule has 0 aliphatic carbocycles. The lowest BCUT2D eigenvalue weighted by molar-refractivity contribution is -0.137. The molecule has 26 heavy (non-hydrogen) atoms. The largest absolute Gasteiger partial charge is 0.434 e. The molecule has 130 valence electrons. The maximum atomic E-state index is 12.7. The maximum absolute atomic E-state index is 12.7. The Bertz CT molecular complexity index is 1000. The molecule has 0 spiro atoms. The smallest absolute Gasteiger partial charge is 0.416 e. The number of oxazole rings is 1. The van der Waals surface area contributed by atoms with E-state index in [-0.39, 0.29) is 5.89 Å². The second kappa shape index (κ2) is 6.18. The molecular formula is C19H12F3N3O. The summed E-state index contributed by atoms with van der Waals surface area (Å²) in [4.78, 5) is 4.44. The summed E-state index contributed by atoms with van der Waals surface area (Å²) in [6.45, 7) is 0. The van der Waals surface area contributed by atoms with Crippen LogP contribution in [0, 0.1) is 0 Å². The summed E-state index contributed by atoms with van der Waals surface area (Å²) >= 11 is 0. The van der Waals surface area contributed by atoms with Gasteiger partial charge < -0.3 is 4.42 Å². The van der Waals surface area contributed by atoms with Crippen LogP contribution in [0.2, 0.25) is 0 Å². The van der Waals surface area contributed by atoms with Gasteiger partial charge in [0.1, 0.15) is 0 Å². The summed E-state index contributed by atoms with van der Waals surface area (Å²) in [7, 11) is 0. The molecule has 4 aromatic rings. The minimum Gasteiger partial charge on any atom is -0.434 e. The van der Waals surface area contributed by atoms with E-state index in [0.717, 1.165) is 17.7 Å². The first-order chi connectivity index (χ1) is 12.5. The van der Waals surface area contributed by atoms with Gasteiger partial charge in [0.2, 0.25) is 11.7 Å². The molecule has 2 aromatic heterocycles. The van der Waals surface area contributed by atoms with Gasteiger partial charge in [0.25, 0.3) is 0 Å². The fourth-order valence-corrected chi connectivity index (χ4v) is 2.56. The monoisotopic (exact) mass is 355 g/mol. The molecule has 0 saturated carbocycles. The Morgan fingerprint density at radius 3 is 2.19 bits per heavy atom. The lowest BCUT2D eigenvalue weighted by Gasteiger charge is -2.06. The third-order valence-electron chi connectivity index (χ3n) is 3.83. The normalized spacial score (nSPS) is 11.7. The summed E-state index contributed by atoms with van der Waals surface area (Å²) in [6, 6.07) is 15.8. The number of nitrogens with zero attached hydrogens (tertiary/aromatic N) is 3. The highest BCUT2D eigenvalue weighted by molar-refractivity contribution is 5.68. The van der Waals surface area contributed by atoms with E-state index in [1.807, 2.05) is 30.3 Å². The summed E-state index contributed by atoms with van der Waals surface area (Å²) in [6.07, 6.45) is -1.05. The first-order valence-corrected chi connectivity index (χ1v) is 7.76. The quantitative estimate of drug-likeness (QED) is 0.506. The van der Waals surface area contributed by atoms with Crippen molar-refractivity contribution in [1.29, 1.82) is 0 Å². The Hall–Kier alpha value is -3.35. The van der Waals surface area contributed by atoms with Crippen molar-refractivity contribution in [1.82, 2.24) is 14.8 Å². The molecule has 0 atom stereocenters. The summed E-state index contributed by atoms with van der Waals surface area (Å²) < 4.78 is 45.7. The van der Waals surface area contributed by atoms with Crippen molar-refractivity contribution in [3.63, 3.8) is 0 Å². The van der Waals surface area contributed by atoms with E-state index in [0.29, 0.717) is 17.1 Å². The molecule has 0 bridgehead atoms. The number of hydrogen-bond acceptors (Lipinski definition) is 3. The van der Waals surface area contributed by atoms with Crippen LogP contribution in [-0.2, 0) is 6.18 Å². The molecule has 2 aromatic carbocycles. The minimum absolute atomic E-state index is 0.225. The minimum atomic E-state index is -4.38. The van der Waals surface area contributed by atoms with E-state index in [1.165, 1.54) is 12.1 Å².